The van der Waals surface area contributed by atoms with Crippen LogP contribution in [-0.4, -0.2) is 38.8 Å². The number of anilines is 1. The molecule has 2 aromatic rings. The summed E-state index contributed by atoms with van der Waals surface area (Å²) in [6, 6.07) is 10.3. The molecule has 0 spiro atoms. The Morgan fingerprint density at radius 2 is 1.89 bits per heavy atom. The van der Waals surface area contributed by atoms with E-state index in [1.165, 1.54) is 35.7 Å². The summed E-state index contributed by atoms with van der Waals surface area (Å²) in [6.45, 7) is 0.348. The Morgan fingerprint density at radius 3 is 2.54 bits per heavy atom. The number of sulfonamides is 1. The molecule has 2 aromatic carbocycles. The Morgan fingerprint density at radius 1 is 1.21 bits per heavy atom. The first-order chi connectivity index (χ1) is 13.3. The number of ether oxygens (including phenoxy) is 1. The molecule has 150 valence electrons. The second kappa shape index (κ2) is 8.46. The van der Waals surface area contributed by atoms with E-state index < -0.39 is 21.8 Å². The average Bonchev–Trinajstić information content (AvgIpc) is 2.69. The van der Waals surface area contributed by atoms with Gasteiger partial charge in [-0.1, -0.05) is 23.7 Å². The SMILES string of the molecule is COc1ccc(Cl)cc1S(=O)(=O)N1CCC(C(=O)Nc2ccccc2F)CC1. The van der Waals surface area contributed by atoms with E-state index in [0.29, 0.717) is 17.9 Å². The van der Waals surface area contributed by atoms with Gasteiger partial charge in [-0.25, -0.2) is 12.8 Å². The number of hydrogen-bond donors (Lipinski definition) is 1. The van der Waals surface area contributed by atoms with Gasteiger partial charge in [-0.3, -0.25) is 4.79 Å². The monoisotopic (exact) mass is 426 g/mol. The third-order valence-electron chi connectivity index (χ3n) is 4.70. The standard InChI is InChI=1S/C19H20ClFN2O4S/c1-27-17-7-6-14(20)12-18(17)28(25,26)23-10-8-13(9-11-23)19(24)22-16-5-3-2-4-15(16)21/h2-7,12-13H,8-11H2,1H3,(H,22,24). The van der Waals surface area contributed by atoms with Crippen LogP contribution in [0.25, 0.3) is 0 Å². The van der Waals surface area contributed by atoms with Crippen LogP contribution in [0.2, 0.25) is 5.02 Å². The van der Waals surface area contributed by atoms with Gasteiger partial charge in [0.1, 0.15) is 16.5 Å². The van der Waals surface area contributed by atoms with E-state index in [2.05, 4.69) is 5.32 Å². The van der Waals surface area contributed by atoms with Gasteiger partial charge in [-0.05, 0) is 43.2 Å². The normalized spacial score (nSPS) is 16.0. The number of methoxy groups -OCH3 is 1. The van der Waals surface area contributed by atoms with Crippen LogP contribution >= 0.6 is 11.6 Å². The van der Waals surface area contributed by atoms with Crippen LogP contribution in [0.5, 0.6) is 5.75 Å². The van der Waals surface area contributed by atoms with Crippen LogP contribution in [-0.2, 0) is 14.8 Å². The number of rotatable bonds is 5. The van der Waals surface area contributed by atoms with Crippen LogP contribution in [0.1, 0.15) is 12.8 Å². The van der Waals surface area contributed by atoms with Crippen molar-refractivity contribution in [2.24, 2.45) is 5.92 Å². The fourth-order valence-corrected chi connectivity index (χ4v) is 5.03. The first-order valence-corrected chi connectivity index (χ1v) is 10.5. The Labute approximate surface area is 168 Å². The summed E-state index contributed by atoms with van der Waals surface area (Å²) in [5, 5.41) is 2.86. The summed E-state index contributed by atoms with van der Waals surface area (Å²) < 4.78 is 46.1. The molecule has 1 N–H and O–H groups in total. The summed E-state index contributed by atoms with van der Waals surface area (Å²) in [5.41, 5.74) is 0.117. The minimum absolute atomic E-state index is 0.00300. The highest BCUT2D eigenvalue weighted by Crippen LogP contribution is 2.32. The zero-order chi connectivity index (χ0) is 20.3. The van der Waals surface area contributed by atoms with Crippen molar-refractivity contribution in [1.82, 2.24) is 4.31 Å². The highest BCUT2D eigenvalue weighted by molar-refractivity contribution is 7.89. The highest BCUT2D eigenvalue weighted by atomic mass is 35.5. The van der Waals surface area contributed by atoms with Crippen LogP contribution in [0.3, 0.4) is 0 Å². The third kappa shape index (κ3) is 4.29. The van der Waals surface area contributed by atoms with E-state index in [0.717, 1.165) is 0 Å². The highest BCUT2D eigenvalue weighted by Gasteiger charge is 2.34. The molecule has 6 nitrogen and oxygen atoms in total. The maximum atomic E-state index is 13.7. The molecule has 1 fully saturated rings. The van der Waals surface area contributed by atoms with Gasteiger partial charge in [0.2, 0.25) is 15.9 Å². The largest absolute Gasteiger partial charge is 0.495 e. The fourth-order valence-electron chi connectivity index (χ4n) is 3.15. The summed E-state index contributed by atoms with van der Waals surface area (Å²) in [6.07, 6.45) is 0.671. The molecule has 28 heavy (non-hydrogen) atoms. The van der Waals surface area contributed by atoms with Crippen LogP contribution < -0.4 is 10.1 Å². The average molecular weight is 427 g/mol. The molecular weight excluding hydrogens is 407 g/mol. The number of carbonyl (C=O) groups is 1. The number of benzene rings is 2. The molecule has 0 saturated carbocycles. The minimum atomic E-state index is -3.81. The molecular formula is C19H20ClFN2O4S. The molecule has 1 aliphatic heterocycles. The molecule has 0 aromatic heterocycles. The molecule has 1 saturated heterocycles. The number of para-hydroxylation sites is 1. The van der Waals surface area contributed by atoms with Crippen molar-refractivity contribution >= 4 is 33.2 Å². The van der Waals surface area contributed by atoms with Gasteiger partial charge in [0.15, 0.2) is 0 Å². The van der Waals surface area contributed by atoms with Crippen molar-refractivity contribution in [3.63, 3.8) is 0 Å². The quantitative estimate of drug-likeness (QED) is 0.793. The predicted octanol–water partition coefficient (Wildman–Crippen LogP) is 3.53. The molecule has 0 bridgehead atoms. The number of amides is 1. The maximum absolute atomic E-state index is 13.7. The van der Waals surface area contributed by atoms with Crippen LogP contribution in [0, 0.1) is 11.7 Å². The van der Waals surface area contributed by atoms with Crippen molar-refractivity contribution in [2.45, 2.75) is 17.7 Å². The van der Waals surface area contributed by atoms with E-state index in [-0.39, 0.29) is 35.3 Å². The maximum Gasteiger partial charge on any atom is 0.246 e. The number of nitrogens with zero attached hydrogens (tertiary/aromatic N) is 1. The number of halogens is 2. The Balaban J connectivity index is 1.69. The lowest BCUT2D eigenvalue weighted by Gasteiger charge is -2.31. The van der Waals surface area contributed by atoms with E-state index in [1.807, 2.05) is 0 Å². The molecule has 0 radical (unpaired) electrons. The lowest BCUT2D eigenvalue weighted by molar-refractivity contribution is -0.120. The van der Waals surface area contributed by atoms with E-state index >= 15 is 0 Å². The molecule has 9 heteroatoms. The van der Waals surface area contributed by atoms with Gasteiger partial charge < -0.3 is 10.1 Å². The van der Waals surface area contributed by atoms with Gasteiger partial charge in [-0.2, -0.15) is 4.31 Å². The minimum Gasteiger partial charge on any atom is -0.495 e. The lowest BCUT2D eigenvalue weighted by atomic mass is 9.97. The predicted molar refractivity (Wildman–Crippen MR) is 105 cm³/mol. The lowest BCUT2D eigenvalue weighted by Crippen LogP contribution is -2.41. The molecule has 1 amide bonds. The van der Waals surface area contributed by atoms with Gasteiger partial charge in [0, 0.05) is 24.0 Å². The molecule has 3 rings (SSSR count). The number of hydrogen-bond acceptors (Lipinski definition) is 4. The second-order valence-electron chi connectivity index (χ2n) is 6.44. The van der Waals surface area contributed by atoms with Crippen molar-refractivity contribution in [3.8, 4) is 5.75 Å². The summed E-state index contributed by atoms with van der Waals surface area (Å²) >= 11 is 5.95. The number of nitrogens with one attached hydrogen (secondary N) is 1. The van der Waals surface area contributed by atoms with E-state index in [4.69, 9.17) is 16.3 Å². The molecule has 1 aliphatic rings. The van der Waals surface area contributed by atoms with E-state index in [9.17, 15) is 17.6 Å². The van der Waals surface area contributed by atoms with Crippen LogP contribution in [0.15, 0.2) is 47.4 Å². The van der Waals surface area contributed by atoms with Crippen molar-refractivity contribution in [3.05, 3.63) is 53.3 Å². The second-order valence-corrected chi connectivity index (χ2v) is 8.79. The molecule has 1 heterocycles. The molecule has 0 unspecified atom stereocenters. The zero-order valence-electron chi connectivity index (χ0n) is 15.2. The smallest absolute Gasteiger partial charge is 0.246 e. The Bertz CT molecular complexity index is 976. The van der Waals surface area contributed by atoms with E-state index in [1.54, 1.807) is 18.2 Å². The zero-order valence-corrected chi connectivity index (χ0v) is 16.8. The Kier molecular flexibility index (Phi) is 6.22. The molecule has 0 aliphatic carbocycles. The molecule has 0 atom stereocenters. The van der Waals surface area contributed by atoms with Gasteiger partial charge in [-0.15, -0.1) is 0 Å². The Hall–Kier alpha value is -2.16. The van der Waals surface area contributed by atoms with Crippen molar-refractivity contribution in [2.75, 3.05) is 25.5 Å². The summed E-state index contributed by atoms with van der Waals surface area (Å²) in [5.74, 6) is -1.01. The first-order valence-electron chi connectivity index (χ1n) is 8.72. The third-order valence-corrected chi connectivity index (χ3v) is 6.85. The summed E-state index contributed by atoms with van der Waals surface area (Å²) in [4.78, 5) is 12.4. The topological polar surface area (TPSA) is 75.7 Å². The van der Waals surface area contributed by atoms with Gasteiger partial charge in [0.05, 0.1) is 12.8 Å². The van der Waals surface area contributed by atoms with Crippen molar-refractivity contribution < 1.29 is 22.3 Å². The van der Waals surface area contributed by atoms with Crippen molar-refractivity contribution in [1.29, 1.82) is 0 Å². The van der Waals surface area contributed by atoms with Gasteiger partial charge >= 0.3 is 0 Å². The fraction of sp³-hybridized carbons (Fsp3) is 0.316. The summed E-state index contributed by atoms with van der Waals surface area (Å²) in [7, 11) is -2.42. The van der Waals surface area contributed by atoms with Crippen LogP contribution in [0.4, 0.5) is 10.1 Å². The first kappa shape index (κ1) is 20.6. The van der Waals surface area contributed by atoms with Gasteiger partial charge in [0.25, 0.3) is 0 Å². The number of carbonyl (C=O) groups excluding carboxylic acids is 1. The number of piperidine rings is 1.